The van der Waals surface area contributed by atoms with Gasteiger partial charge in [-0.3, -0.25) is 19.3 Å². The Morgan fingerprint density at radius 1 is 1.00 bits per heavy atom. The van der Waals surface area contributed by atoms with Gasteiger partial charge in [-0.15, -0.1) is 0 Å². The van der Waals surface area contributed by atoms with Crippen molar-refractivity contribution in [2.75, 3.05) is 11.9 Å². The highest BCUT2D eigenvalue weighted by Gasteiger charge is 2.62. The van der Waals surface area contributed by atoms with E-state index in [1.165, 1.54) is 4.90 Å². The highest BCUT2D eigenvalue weighted by Crippen LogP contribution is 2.56. The summed E-state index contributed by atoms with van der Waals surface area (Å²) in [6, 6.07) is 15.8. The molecule has 2 aliphatic carbocycles. The van der Waals surface area contributed by atoms with E-state index in [1.807, 2.05) is 37.3 Å². The molecule has 32 heavy (non-hydrogen) atoms. The molecule has 2 aromatic rings. The Hall–Kier alpha value is -3.15. The second-order valence-corrected chi connectivity index (χ2v) is 9.08. The Labute approximate surface area is 187 Å². The molecule has 1 heterocycles. The van der Waals surface area contributed by atoms with Crippen LogP contribution < -0.4 is 10.1 Å². The van der Waals surface area contributed by atoms with Crippen LogP contribution in [0.3, 0.4) is 0 Å². The summed E-state index contributed by atoms with van der Waals surface area (Å²) < 4.78 is 5.46. The number of nitrogens with zero attached hydrogens (tertiary/aromatic N) is 1. The molecule has 5 rings (SSSR count). The van der Waals surface area contributed by atoms with E-state index in [-0.39, 0.29) is 41.4 Å². The largest absolute Gasteiger partial charge is 0.494 e. The zero-order valence-corrected chi connectivity index (χ0v) is 18.2. The van der Waals surface area contributed by atoms with Crippen molar-refractivity contribution in [3.8, 4) is 5.75 Å². The van der Waals surface area contributed by atoms with Crippen LogP contribution >= 0.6 is 0 Å². The molecular weight excluding hydrogens is 404 g/mol. The first-order valence-electron chi connectivity index (χ1n) is 11.5. The summed E-state index contributed by atoms with van der Waals surface area (Å²) in [4.78, 5) is 41.5. The van der Waals surface area contributed by atoms with E-state index in [4.69, 9.17) is 4.74 Å². The van der Waals surface area contributed by atoms with Gasteiger partial charge in [0.2, 0.25) is 17.7 Å². The van der Waals surface area contributed by atoms with Crippen molar-refractivity contribution in [1.82, 2.24) is 4.90 Å². The quantitative estimate of drug-likeness (QED) is 0.678. The third-order valence-electron chi connectivity index (χ3n) is 7.28. The summed E-state index contributed by atoms with van der Waals surface area (Å²) in [6.45, 7) is 2.48. The number of hydrogen-bond donors (Lipinski definition) is 1. The average Bonchev–Trinajstić information content (AvgIpc) is 3.48. The van der Waals surface area contributed by atoms with Crippen LogP contribution in [0.15, 0.2) is 54.6 Å². The molecule has 5 atom stereocenters. The predicted octanol–water partition coefficient (Wildman–Crippen LogP) is 3.67. The molecule has 2 saturated carbocycles. The summed E-state index contributed by atoms with van der Waals surface area (Å²) in [5.41, 5.74) is 1.52. The number of imide groups is 1. The lowest BCUT2D eigenvalue weighted by molar-refractivity contribution is -0.147. The summed E-state index contributed by atoms with van der Waals surface area (Å²) >= 11 is 0. The van der Waals surface area contributed by atoms with Crippen molar-refractivity contribution in [3.05, 3.63) is 60.2 Å². The van der Waals surface area contributed by atoms with E-state index < -0.39 is 6.04 Å². The molecule has 0 unspecified atom stereocenters. The fourth-order valence-corrected chi connectivity index (χ4v) is 5.90. The van der Waals surface area contributed by atoms with E-state index in [0.717, 1.165) is 30.6 Å². The van der Waals surface area contributed by atoms with Gasteiger partial charge in [-0.1, -0.05) is 30.3 Å². The van der Waals surface area contributed by atoms with Crippen LogP contribution in [-0.2, 0) is 20.8 Å². The van der Waals surface area contributed by atoms with E-state index in [2.05, 4.69) is 5.32 Å². The molecule has 3 fully saturated rings. The van der Waals surface area contributed by atoms with Crippen molar-refractivity contribution < 1.29 is 19.1 Å². The summed E-state index contributed by atoms with van der Waals surface area (Å²) in [5, 5.41) is 2.91. The zero-order chi connectivity index (χ0) is 22.2. The molecule has 2 aromatic carbocycles. The number of rotatable bonds is 7. The topological polar surface area (TPSA) is 75.7 Å². The molecule has 6 heteroatoms. The smallest absolute Gasteiger partial charge is 0.248 e. The Bertz CT molecular complexity index is 992. The lowest BCUT2D eigenvalue weighted by Gasteiger charge is -2.27. The number of carbonyl (C=O) groups is 3. The van der Waals surface area contributed by atoms with Crippen molar-refractivity contribution in [1.29, 1.82) is 0 Å². The highest BCUT2D eigenvalue weighted by atomic mass is 16.5. The molecule has 0 radical (unpaired) electrons. The van der Waals surface area contributed by atoms with Crippen molar-refractivity contribution in [2.45, 2.75) is 38.6 Å². The average molecular weight is 433 g/mol. The molecule has 3 amide bonds. The Morgan fingerprint density at radius 2 is 1.62 bits per heavy atom. The van der Waals surface area contributed by atoms with Gasteiger partial charge in [0.05, 0.1) is 18.4 Å². The number of hydrogen-bond acceptors (Lipinski definition) is 4. The van der Waals surface area contributed by atoms with E-state index in [1.54, 1.807) is 24.3 Å². The summed E-state index contributed by atoms with van der Waals surface area (Å²) in [6.07, 6.45) is 3.30. The molecule has 3 aliphatic rings. The fraction of sp³-hybridized carbons (Fsp3) is 0.423. The molecule has 1 aliphatic heterocycles. The monoisotopic (exact) mass is 432 g/mol. The van der Waals surface area contributed by atoms with Gasteiger partial charge in [-0.2, -0.15) is 0 Å². The molecule has 2 bridgehead atoms. The maximum atomic E-state index is 13.4. The number of anilines is 1. The van der Waals surface area contributed by atoms with Crippen LogP contribution in [0, 0.1) is 23.7 Å². The van der Waals surface area contributed by atoms with Gasteiger partial charge in [-0.25, -0.2) is 0 Å². The second kappa shape index (κ2) is 8.41. The van der Waals surface area contributed by atoms with Crippen molar-refractivity contribution in [2.24, 2.45) is 23.7 Å². The Balaban J connectivity index is 1.41. The van der Waals surface area contributed by atoms with Crippen LogP contribution in [0.5, 0.6) is 5.75 Å². The molecule has 0 aromatic heterocycles. The molecule has 1 saturated heterocycles. The van der Waals surface area contributed by atoms with Crippen molar-refractivity contribution >= 4 is 23.4 Å². The standard InChI is InChI=1S/C26H28N2O4/c1-2-32-20-12-10-19(11-13-20)27-24(29)21(14-16-6-4-3-5-7-16)28-25(30)22-17-8-9-18(15-17)23(22)26(28)31/h3-7,10-13,17-18,21-23H,2,8-9,14-15H2,1H3,(H,27,29)/t17-,18-,21-,22-,23+/m0/s1. The Kier molecular flexibility index (Phi) is 5.45. The van der Waals surface area contributed by atoms with Crippen LogP contribution in [-0.4, -0.2) is 35.3 Å². The molecule has 6 nitrogen and oxygen atoms in total. The summed E-state index contributed by atoms with van der Waals surface area (Å²) in [7, 11) is 0. The number of nitrogens with one attached hydrogen (secondary N) is 1. The lowest BCUT2D eigenvalue weighted by atomic mass is 9.81. The van der Waals surface area contributed by atoms with Crippen LogP contribution in [0.25, 0.3) is 0 Å². The zero-order valence-electron chi connectivity index (χ0n) is 18.2. The number of fused-ring (bicyclic) bond motifs is 5. The SMILES string of the molecule is CCOc1ccc(NC(=O)[C@H](Cc2ccccc2)N2C(=O)[C@@H]3[C@H]4CC[C@@H](C4)[C@@H]3C2=O)cc1. The molecule has 1 N–H and O–H groups in total. The minimum Gasteiger partial charge on any atom is -0.494 e. The second-order valence-electron chi connectivity index (χ2n) is 9.08. The molecule has 166 valence electrons. The van der Waals surface area contributed by atoms with Crippen molar-refractivity contribution in [3.63, 3.8) is 0 Å². The van der Waals surface area contributed by atoms with Gasteiger partial charge in [0.15, 0.2) is 0 Å². The number of amides is 3. The maximum Gasteiger partial charge on any atom is 0.248 e. The van der Waals surface area contributed by atoms with E-state index in [0.29, 0.717) is 18.7 Å². The maximum absolute atomic E-state index is 13.4. The predicted molar refractivity (Wildman–Crippen MR) is 120 cm³/mol. The van der Waals surface area contributed by atoms with Crippen LogP contribution in [0.4, 0.5) is 5.69 Å². The fourth-order valence-electron chi connectivity index (χ4n) is 5.90. The first kappa shape index (κ1) is 20.7. The number of benzene rings is 2. The first-order valence-corrected chi connectivity index (χ1v) is 11.5. The van der Waals surface area contributed by atoms with Crippen LogP contribution in [0.1, 0.15) is 31.7 Å². The first-order chi connectivity index (χ1) is 15.6. The summed E-state index contributed by atoms with van der Waals surface area (Å²) in [5.74, 6) is 0.170. The van der Waals surface area contributed by atoms with Gasteiger partial charge in [0.1, 0.15) is 11.8 Å². The third-order valence-corrected chi connectivity index (χ3v) is 7.28. The van der Waals surface area contributed by atoms with Crippen LogP contribution in [0.2, 0.25) is 0 Å². The number of likely N-dealkylation sites (tertiary alicyclic amines) is 1. The highest BCUT2D eigenvalue weighted by molar-refractivity contribution is 6.10. The molecular formula is C26H28N2O4. The lowest BCUT2D eigenvalue weighted by Crippen LogP contribution is -2.49. The number of ether oxygens (including phenoxy) is 1. The van der Waals surface area contributed by atoms with Gasteiger partial charge >= 0.3 is 0 Å². The molecule has 0 spiro atoms. The van der Waals surface area contributed by atoms with Gasteiger partial charge < -0.3 is 10.1 Å². The van der Waals surface area contributed by atoms with Gasteiger partial charge in [-0.05, 0) is 67.9 Å². The normalized spacial score (nSPS) is 26.8. The minimum absolute atomic E-state index is 0.157. The number of carbonyl (C=O) groups excluding carboxylic acids is 3. The Morgan fingerprint density at radius 3 is 2.22 bits per heavy atom. The van der Waals surface area contributed by atoms with Gasteiger partial charge in [0.25, 0.3) is 0 Å². The minimum atomic E-state index is -0.867. The third kappa shape index (κ3) is 3.57. The van der Waals surface area contributed by atoms with Gasteiger partial charge in [0, 0.05) is 12.1 Å². The van der Waals surface area contributed by atoms with E-state index >= 15 is 0 Å². The van der Waals surface area contributed by atoms with E-state index in [9.17, 15) is 14.4 Å².